The first kappa shape index (κ1) is 22.3. The molecule has 0 amide bonds. The lowest BCUT2D eigenvalue weighted by atomic mass is 10.1. The highest BCUT2D eigenvalue weighted by Gasteiger charge is 2.44. The summed E-state index contributed by atoms with van der Waals surface area (Å²) in [5.74, 6) is 1.05. The molecular formula is C20H21ClN6O5S. The van der Waals surface area contributed by atoms with Crippen molar-refractivity contribution in [3.63, 3.8) is 0 Å². The number of halogens is 1. The summed E-state index contributed by atoms with van der Waals surface area (Å²) < 4.78 is 12.8. The van der Waals surface area contributed by atoms with E-state index in [1.54, 1.807) is 0 Å². The van der Waals surface area contributed by atoms with Crippen LogP contribution in [0.1, 0.15) is 13.2 Å². The Kier molecular flexibility index (Phi) is 6.12. The van der Waals surface area contributed by atoms with E-state index in [4.69, 9.17) is 20.8 Å². The molecule has 3 aromatic heterocycles. The normalized spacial score (nSPS) is 24.0. The minimum Gasteiger partial charge on any atom is -0.431 e. The van der Waals surface area contributed by atoms with Crippen molar-refractivity contribution in [3.05, 3.63) is 35.9 Å². The molecule has 33 heavy (non-hydrogen) atoms. The lowest BCUT2D eigenvalue weighted by Crippen LogP contribution is -2.33. The third kappa shape index (κ3) is 4.25. The van der Waals surface area contributed by atoms with Crippen molar-refractivity contribution in [1.29, 1.82) is 0 Å². The van der Waals surface area contributed by atoms with Crippen LogP contribution >= 0.6 is 23.4 Å². The maximum absolute atomic E-state index is 10.4. The number of ether oxygens (including phenoxy) is 1. The maximum Gasteiger partial charge on any atom is 0.256 e. The van der Waals surface area contributed by atoms with Crippen molar-refractivity contribution in [2.45, 2.75) is 42.7 Å². The Balaban J connectivity index is 1.34. The molecule has 1 fully saturated rings. The van der Waals surface area contributed by atoms with Gasteiger partial charge in [-0.15, -0.1) is 0 Å². The summed E-state index contributed by atoms with van der Waals surface area (Å²) >= 11 is 7.62. The monoisotopic (exact) mass is 492 g/mol. The number of aromatic nitrogens is 5. The molecule has 1 aliphatic heterocycles. The lowest BCUT2D eigenvalue weighted by molar-refractivity contribution is -0.0511. The van der Waals surface area contributed by atoms with Crippen molar-refractivity contribution in [2.24, 2.45) is 0 Å². The van der Waals surface area contributed by atoms with Crippen LogP contribution in [0.15, 0.2) is 40.2 Å². The number of oxazole rings is 1. The molecule has 2 unspecified atom stereocenters. The van der Waals surface area contributed by atoms with Gasteiger partial charge in [0.25, 0.3) is 5.22 Å². The molecule has 1 aliphatic rings. The fraction of sp³-hybridized carbons (Fsp3) is 0.400. The number of aliphatic hydroxyl groups is 3. The van der Waals surface area contributed by atoms with Crippen molar-refractivity contribution >= 4 is 51.4 Å². The number of thioether (sulfide) groups is 1. The molecule has 1 aromatic carbocycles. The quantitative estimate of drug-likeness (QED) is 0.221. The zero-order chi connectivity index (χ0) is 23.1. The molecule has 11 nitrogen and oxygen atoms in total. The van der Waals surface area contributed by atoms with E-state index in [1.165, 1.54) is 22.7 Å². The molecule has 1 saturated heterocycles. The highest BCUT2D eigenvalue weighted by molar-refractivity contribution is 7.99. The Morgan fingerprint density at radius 2 is 2.03 bits per heavy atom. The smallest absolute Gasteiger partial charge is 0.256 e. The fourth-order valence-corrected chi connectivity index (χ4v) is 4.62. The molecule has 0 saturated carbocycles. The predicted molar refractivity (Wildman–Crippen MR) is 121 cm³/mol. The highest BCUT2D eigenvalue weighted by atomic mass is 35.5. The Labute approximate surface area is 196 Å². The van der Waals surface area contributed by atoms with Gasteiger partial charge in [-0.3, -0.25) is 4.57 Å². The fourth-order valence-electron chi connectivity index (χ4n) is 3.67. The topological polar surface area (TPSA) is 152 Å². The zero-order valence-electron chi connectivity index (χ0n) is 17.4. The second-order valence-electron chi connectivity index (χ2n) is 7.70. The molecule has 5 atom stereocenters. The number of fused-ring (bicyclic) bond motifs is 2. The number of rotatable bonds is 7. The van der Waals surface area contributed by atoms with Crippen LogP contribution in [-0.2, 0) is 4.74 Å². The average Bonchev–Trinajstić information content (AvgIpc) is 3.48. The number of nitrogens with zero attached hydrogens (tertiary/aromatic N) is 5. The van der Waals surface area contributed by atoms with Crippen LogP contribution in [0.3, 0.4) is 0 Å². The van der Waals surface area contributed by atoms with E-state index in [0.717, 1.165) is 11.1 Å². The third-order valence-electron chi connectivity index (χ3n) is 5.30. The van der Waals surface area contributed by atoms with Crippen molar-refractivity contribution < 1.29 is 24.5 Å². The predicted octanol–water partition coefficient (Wildman–Crippen LogP) is 1.83. The van der Waals surface area contributed by atoms with E-state index < -0.39 is 31.1 Å². The van der Waals surface area contributed by atoms with Gasteiger partial charge < -0.3 is 29.8 Å². The first-order valence-corrected chi connectivity index (χ1v) is 11.6. The summed E-state index contributed by atoms with van der Waals surface area (Å²) in [6.07, 6.45) is -2.97. The van der Waals surface area contributed by atoms with Gasteiger partial charge in [-0.05, 0) is 30.7 Å². The van der Waals surface area contributed by atoms with E-state index >= 15 is 0 Å². The standard InChI is InChI=1S/C20H21ClN6O5S/c1-9(7-33-20-24-10-4-2-3-5-11(10)32-20)23-16-13-17(26-19(21)25-16)27(8-22-13)18-15(30)14(29)12(6-28)31-18/h2-5,8-9,12,14-15,18,28-30H,6-7H2,1H3,(H,23,25,26)/t9-,12-,14?,15?,18-/m1/s1. The summed E-state index contributed by atoms with van der Waals surface area (Å²) in [5.41, 5.74) is 2.29. The SMILES string of the molecule is C[C@H](CSc1nc2ccccc2o1)Nc1nc(Cl)nc2c1ncn2[C@@H]1O[C@H](CO)C(O)C1O. The average molecular weight is 493 g/mol. The number of aliphatic hydroxyl groups excluding tert-OH is 3. The van der Waals surface area contributed by atoms with Gasteiger partial charge in [0.05, 0.1) is 12.9 Å². The maximum atomic E-state index is 10.4. The highest BCUT2D eigenvalue weighted by Crippen LogP contribution is 2.33. The molecule has 4 aromatic rings. The summed E-state index contributed by atoms with van der Waals surface area (Å²) in [4.78, 5) is 17.3. The van der Waals surface area contributed by atoms with Crippen LogP contribution in [0.5, 0.6) is 0 Å². The van der Waals surface area contributed by atoms with Gasteiger partial charge in [0.15, 0.2) is 28.8 Å². The molecule has 0 radical (unpaired) electrons. The zero-order valence-corrected chi connectivity index (χ0v) is 18.9. The molecule has 0 aliphatic carbocycles. The summed E-state index contributed by atoms with van der Waals surface area (Å²) in [5, 5.41) is 33.6. The van der Waals surface area contributed by atoms with Gasteiger partial charge in [0.2, 0.25) is 5.28 Å². The van der Waals surface area contributed by atoms with Gasteiger partial charge in [-0.1, -0.05) is 23.9 Å². The second kappa shape index (κ2) is 9.05. The Bertz CT molecular complexity index is 1250. The van der Waals surface area contributed by atoms with Crippen molar-refractivity contribution in [2.75, 3.05) is 17.7 Å². The van der Waals surface area contributed by atoms with Gasteiger partial charge >= 0.3 is 0 Å². The van der Waals surface area contributed by atoms with E-state index in [0.29, 0.717) is 28.0 Å². The molecule has 5 rings (SSSR count). The van der Waals surface area contributed by atoms with Crippen molar-refractivity contribution in [1.82, 2.24) is 24.5 Å². The lowest BCUT2D eigenvalue weighted by Gasteiger charge is -2.17. The van der Waals surface area contributed by atoms with Gasteiger partial charge in [-0.2, -0.15) is 9.97 Å². The molecular weight excluding hydrogens is 472 g/mol. The number of imidazole rings is 1. The first-order chi connectivity index (χ1) is 15.9. The van der Waals surface area contributed by atoms with E-state index in [9.17, 15) is 15.3 Å². The van der Waals surface area contributed by atoms with Crippen LogP contribution in [0.25, 0.3) is 22.3 Å². The van der Waals surface area contributed by atoms with Gasteiger partial charge in [-0.25, -0.2) is 9.97 Å². The van der Waals surface area contributed by atoms with Crippen LogP contribution in [-0.4, -0.2) is 76.5 Å². The van der Waals surface area contributed by atoms with Crippen LogP contribution in [0.4, 0.5) is 5.82 Å². The van der Waals surface area contributed by atoms with Crippen LogP contribution in [0.2, 0.25) is 5.28 Å². The molecule has 0 bridgehead atoms. The minimum absolute atomic E-state index is 0.0164. The molecule has 13 heteroatoms. The Hall–Kier alpha value is -2.48. The Morgan fingerprint density at radius 3 is 2.79 bits per heavy atom. The molecule has 174 valence electrons. The molecule has 4 N–H and O–H groups in total. The summed E-state index contributed by atoms with van der Waals surface area (Å²) in [6, 6.07) is 7.52. The summed E-state index contributed by atoms with van der Waals surface area (Å²) in [7, 11) is 0. The third-order valence-corrected chi connectivity index (χ3v) is 6.56. The molecule has 0 spiro atoms. The van der Waals surface area contributed by atoms with E-state index in [1.807, 2.05) is 31.2 Å². The number of anilines is 1. The Morgan fingerprint density at radius 1 is 1.21 bits per heavy atom. The number of para-hydroxylation sites is 2. The summed E-state index contributed by atoms with van der Waals surface area (Å²) in [6.45, 7) is 1.54. The number of hydrogen-bond acceptors (Lipinski definition) is 11. The van der Waals surface area contributed by atoms with E-state index in [2.05, 4.69) is 25.3 Å². The van der Waals surface area contributed by atoms with Crippen LogP contribution in [0, 0.1) is 0 Å². The number of nitrogens with one attached hydrogen (secondary N) is 1. The minimum atomic E-state index is -1.27. The van der Waals surface area contributed by atoms with Crippen LogP contribution < -0.4 is 5.32 Å². The van der Waals surface area contributed by atoms with Crippen molar-refractivity contribution in [3.8, 4) is 0 Å². The number of hydrogen-bond donors (Lipinski definition) is 4. The second-order valence-corrected chi connectivity index (χ2v) is 9.01. The van der Waals surface area contributed by atoms with Gasteiger partial charge in [0.1, 0.15) is 23.8 Å². The van der Waals surface area contributed by atoms with E-state index in [-0.39, 0.29) is 11.3 Å². The molecule has 4 heterocycles. The largest absolute Gasteiger partial charge is 0.431 e. The van der Waals surface area contributed by atoms with Gasteiger partial charge in [0, 0.05) is 11.8 Å². The first-order valence-electron chi connectivity index (χ1n) is 10.2. The number of benzene rings is 1.